The zero-order valence-electron chi connectivity index (χ0n) is 14.2. The molecule has 2 rings (SSSR count). The molecule has 0 radical (unpaired) electrons. The third-order valence-electron chi connectivity index (χ3n) is 4.11. The van der Waals surface area contributed by atoms with E-state index in [9.17, 15) is 18.8 Å². The lowest BCUT2D eigenvalue weighted by molar-refractivity contribution is -0.159. The Labute approximate surface area is 146 Å². The molecule has 3 amide bonds. The quantitative estimate of drug-likeness (QED) is 0.593. The van der Waals surface area contributed by atoms with E-state index in [0.717, 1.165) is 5.56 Å². The van der Waals surface area contributed by atoms with Crippen LogP contribution in [0, 0.1) is 5.82 Å². The highest BCUT2D eigenvalue weighted by Crippen LogP contribution is 2.15. The van der Waals surface area contributed by atoms with Crippen molar-refractivity contribution >= 4 is 17.7 Å². The second kappa shape index (κ2) is 8.41. The minimum Gasteiger partial charge on any atom is -0.351 e. The molecule has 1 aliphatic heterocycles. The van der Waals surface area contributed by atoms with E-state index in [4.69, 9.17) is 0 Å². The summed E-state index contributed by atoms with van der Waals surface area (Å²) >= 11 is 0. The molecule has 1 fully saturated rings. The van der Waals surface area contributed by atoms with Crippen LogP contribution in [0.3, 0.4) is 0 Å². The molecule has 6 nitrogen and oxygen atoms in total. The Morgan fingerprint density at radius 1 is 1.28 bits per heavy atom. The van der Waals surface area contributed by atoms with Crippen molar-refractivity contribution in [2.24, 2.45) is 0 Å². The fourth-order valence-electron chi connectivity index (χ4n) is 2.79. The molecular formula is C18H22FN3O3. The zero-order valence-corrected chi connectivity index (χ0v) is 14.2. The van der Waals surface area contributed by atoms with Gasteiger partial charge in [-0.3, -0.25) is 14.4 Å². The van der Waals surface area contributed by atoms with Crippen LogP contribution in [-0.2, 0) is 20.9 Å². The number of benzene rings is 1. The summed E-state index contributed by atoms with van der Waals surface area (Å²) in [5.74, 6) is -1.98. The highest BCUT2D eigenvalue weighted by atomic mass is 19.1. The summed E-state index contributed by atoms with van der Waals surface area (Å²) in [6.07, 6.45) is 1.97. The molecule has 1 aromatic carbocycles. The number of rotatable bonds is 7. The normalized spacial score (nSPS) is 15.9. The van der Waals surface area contributed by atoms with Crippen molar-refractivity contribution in [2.45, 2.75) is 25.9 Å². The molecule has 0 saturated carbocycles. The molecule has 25 heavy (non-hydrogen) atoms. The number of nitrogens with one attached hydrogen (secondary N) is 1. The summed E-state index contributed by atoms with van der Waals surface area (Å²) in [5, 5.41) is 2.66. The number of carbonyl (C=O) groups is 3. The summed E-state index contributed by atoms with van der Waals surface area (Å²) < 4.78 is 13.0. The predicted molar refractivity (Wildman–Crippen MR) is 90.8 cm³/mol. The molecule has 1 aliphatic rings. The Kier molecular flexibility index (Phi) is 6.27. The van der Waals surface area contributed by atoms with E-state index >= 15 is 0 Å². The first kappa shape index (κ1) is 18.6. The Balaban J connectivity index is 2.04. The average Bonchev–Trinajstić information content (AvgIpc) is 2.61. The molecule has 0 aliphatic carbocycles. The minimum atomic E-state index is -0.686. The van der Waals surface area contributed by atoms with Crippen LogP contribution in [0.25, 0.3) is 0 Å². The van der Waals surface area contributed by atoms with Crippen molar-refractivity contribution in [1.82, 2.24) is 15.1 Å². The number of hydrogen-bond donors (Lipinski definition) is 1. The van der Waals surface area contributed by atoms with Crippen LogP contribution in [0.1, 0.15) is 18.9 Å². The van der Waals surface area contributed by atoms with Gasteiger partial charge < -0.3 is 15.1 Å². The third-order valence-corrected chi connectivity index (χ3v) is 4.11. The zero-order chi connectivity index (χ0) is 18.4. The van der Waals surface area contributed by atoms with Crippen LogP contribution in [0.4, 0.5) is 4.39 Å². The van der Waals surface area contributed by atoms with Crippen molar-refractivity contribution < 1.29 is 18.8 Å². The molecule has 7 heteroatoms. The first-order valence-electron chi connectivity index (χ1n) is 8.20. The number of hydrogen-bond acceptors (Lipinski definition) is 3. The lowest BCUT2D eigenvalue weighted by atomic mass is 10.1. The van der Waals surface area contributed by atoms with Gasteiger partial charge in [-0.05, 0) is 24.1 Å². The monoisotopic (exact) mass is 347 g/mol. The van der Waals surface area contributed by atoms with Crippen molar-refractivity contribution in [2.75, 3.05) is 19.6 Å². The first-order chi connectivity index (χ1) is 12.0. The molecule has 0 bridgehead atoms. The highest BCUT2D eigenvalue weighted by molar-refractivity contribution is 6.35. The second-order valence-corrected chi connectivity index (χ2v) is 5.81. The van der Waals surface area contributed by atoms with Gasteiger partial charge in [0, 0.05) is 26.2 Å². The van der Waals surface area contributed by atoms with Gasteiger partial charge in [-0.25, -0.2) is 4.39 Å². The number of piperazine rings is 1. The van der Waals surface area contributed by atoms with Crippen molar-refractivity contribution in [3.8, 4) is 0 Å². The minimum absolute atomic E-state index is 0.234. The smallest absolute Gasteiger partial charge is 0.312 e. The maximum absolute atomic E-state index is 13.0. The summed E-state index contributed by atoms with van der Waals surface area (Å²) in [7, 11) is 0. The van der Waals surface area contributed by atoms with E-state index < -0.39 is 17.9 Å². The second-order valence-electron chi connectivity index (χ2n) is 5.81. The van der Waals surface area contributed by atoms with Gasteiger partial charge in [0.2, 0.25) is 5.91 Å². The summed E-state index contributed by atoms with van der Waals surface area (Å²) in [5.41, 5.74) is 0.742. The molecule has 1 atom stereocenters. The molecule has 1 saturated heterocycles. The van der Waals surface area contributed by atoms with E-state index in [1.807, 2.05) is 0 Å². The Morgan fingerprint density at radius 3 is 2.56 bits per heavy atom. The molecule has 1 aromatic rings. The maximum atomic E-state index is 13.0. The van der Waals surface area contributed by atoms with E-state index in [-0.39, 0.29) is 24.8 Å². The van der Waals surface area contributed by atoms with Crippen LogP contribution in [0.5, 0.6) is 0 Å². The standard InChI is InChI=1S/C18H22FN3O3/c1-3-9-20-16(23)15(4-2)22-11-10-21(17(24)18(22)25)12-13-5-7-14(19)8-6-13/h3,5-8,15H,1,4,9-12H2,2H3,(H,20,23)/t15-/m1/s1. The van der Waals surface area contributed by atoms with Gasteiger partial charge in [0.05, 0.1) is 0 Å². The van der Waals surface area contributed by atoms with Crippen molar-refractivity contribution in [1.29, 1.82) is 0 Å². The van der Waals surface area contributed by atoms with E-state index in [2.05, 4.69) is 11.9 Å². The maximum Gasteiger partial charge on any atom is 0.312 e. The largest absolute Gasteiger partial charge is 0.351 e. The van der Waals surface area contributed by atoms with E-state index in [1.54, 1.807) is 25.1 Å². The molecule has 0 spiro atoms. The molecular weight excluding hydrogens is 325 g/mol. The fourth-order valence-corrected chi connectivity index (χ4v) is 2.79. The van der Waals surface area contributed by atoms with Crippen LogP contribution >= 0.6 is 0 Å². The van der Waals surface area contributed by atoms with Gasteiger partial charge in [-0.2, -0.15) is 0 Å². The Bertz CT molecular complexity index is 660. The van der Waals surface area contributed by atoms with Gasteiger partial charge in [-0.15, -0.1) is 6.58 Å². The highest BCUT2D eigenvalue weighted by Gasteiger charge is 2.38. The number of halogens is 1. The van der Waals surface area contributed by atoms with Crippen LogP contribution in [-0.4, -0.2) is 53.2 Å². The van der Waals surface area contributed by atoms with Crippen molar-refractivity contribution in [3.05, 3.63) is 48.3 Å². The number of amides is 3. The van der Waals surface area contributed by atoms with E-state index in [1.165, 1.54) is 21.9 Å². The molecule has 0 aromatic heterocycles. The van der Waals surface area contributed by atoms with Gasteiger partial charge >= 0.3 is 11.8 Å². The molecule has 1 heterocycles. The molecule has 0 unspecified atom stereocenters. The van der Waals surface area contributed by atoms with Crippen molar-refractivity contribution in [3.63, 3.8) is 0 Å². The van der Waals surface area contributed by atoms with Gasteiger partial charge in [0.1, 0.15) is 11.9 Å². The summed E-state index contributed by atoms with van der Waals surface area (Å²) in [4.78, 5) is 39.7. The van der Waals surface area contributed by atoms with Crippen LogP contribution in [0.15, 0.2) is 36.9 Å². The Hall–Kier alpha value is -2.70. The van der Waals surface area contributed by atoms with Crippen LogP contribution in [0.2, 0.25) is 0 Å². The summed E-state index contributed by atoms with van der Waals surface area (Å²) in [6.45, 7) is 6.48. The van der Waals surface area contributed by atoms with E-state index in [0.29, 0.717) is 19.5 Å². The number of nitrogens with zero attached hydrogens (tertiary/aromatic N) is 2. The Morgan fingerprint density at radius 2 is 1.96 bits per heavy atom. The fraction of sp³-hybridized carbons (Fsp3) is 0.389. The molecule has 134 valence electrons. The first-order valence-corrected chi connectivity index (χ1v) is 8.20. The van der Waals surface area contributed by atoms with Gasteiger partial charge in [0.25, 0.3) is 0 Å². The lowest BCUT2D eigenvalue weighted by Gasteiger charge is -2.37. The number of carbonyl (C=O) groups excluding carboxylic acids is 3. The van der Waals surface area contributed by atoms with Crippen LogP contribution < -0.4 is 5.32 Å². The summed E-state index contributed by atoms with van der Waals surface area (Å²) in [6, 6.07) is 5.11. The lowest BCUT2D eigenvalue weighted by Crippen LogP contribution is -2.60. The van der Waals surface area contributed by atoms with Gasteiger partial charge in [-0.1, -0.05) is 25.1 Å². The molecule has 1 N–H and O–H groups in total. The predicted octanol–water partition coefficient (Wildman–Crippen LogP) is 1.08. The van der Waals surface area contributed by atoms with Gasteiger partial charge in [0.15, 0.2) is 0 Å². The average molecular weight is 347 g/mol. The third kappa shape index (κ3) is 4.43. The SMILES string of the molecule is C=CCNC(=O)[C@@H](CC)N1CCN(Cc2ccc(F)cc2)C(=O)C1=O. The topological polar surface area (TPSA) is 69.7 Å².